The molecule has 0 unspecified atom stereocenters. The van der Waals surface area contributed by atoms with Crippen molar-refractivity contribution in [3.8, 4) is 0 Å². The van der Waals surface area contributed by atoms with Crippen molar-refractivity contribution >= 4 is 17.3 Å². The van der Waals surface area contributed by atoms with Gasteiger partial charge in [-0.2, -0.15) is 0 Å². The third kappa shape index (κ3) is 4.37. The molecule has 0 heterocycles. The van der Waals surface area contributed by atoms with Crippen LogP contribution in [0.3, 0.4) is 0 Å². The number of carbonyl (C=O) groups is 1. The van der Waals surface area contributed by atoms with Crippen LogP contribution < -0.4 is 10.6 Å². The molecule has 4 fully saturated rings. The van der Waals surface area contributed by atoms with E-state index >= 15 is 0 Å². The maximum Gasteiger partial charge on any atom is 0.251 e. The lowest BCUT2D eigenvalue weighted by molar-refractivity contribution is -0.117. The van der Waals surface area contributed by atoms with E-state index in [4.69, 9.17) is 0 Å². The van der Waals surface area contributed by atoms with Crippen LogP contribution in [0.4, 0.5) is 11.4 Å². The van der Waals surface area contributed by atoms with E-state index in [1.54, 1.807) is 0 Å². The van der Waals surface area contributed by atoms with Gasteiger partial charge in [0.15, 0.2) is 0 Å². The largest absolute Gasteiger partial charge is 0.370 e. The second-order valence-corrected chi connectivity index (χ2v) is 11.6. The van der Waals surface area contributed by atoms with E-state index in [2.05, 4.69) is 47.0 Å². The van der Waals surface area contributed by atoms with Crippen LogP contribution in [0.15, 0.2) is 72.8 Å². The van der Waals surface area contributed by atoms with Crippen molar-refractivity contribution in [3.63, 3.8) is 0 Å². The van der Waals surface area contributed by atoms with Crippen LogP contribution >= 0.6 is 0 Å². The van der Waals surface area contributed by atoms with E-state index in [1.807, 2.05) is 50.2 Å². The van der Waals surface area contributed by atoms with Crippen molar-refractivity contribution < 1.29 is 4.79 Å². The molecule has 4 aliphatic rings. The van der Waals surface area contributed by atoms with Crippen molar-refractivity contribution in [2.24, 2.45) is 17.8 Å². The minimum absolute atomic E-state index is 0.0462. The van der Waals surface area contributed by atoms with Crippen molar-refractivity contribution in [3.05, 3.63) is 95.1 Å². The van der Waals surface area contributed by atoms with Crippen molar-refractivity contribution in [1.29, 1.82) is 0 Å². The Morgan fingerprint density at radius 1 is 0.829 bits per heavy atom. The number of hydrogen-bond acceptors (Lipinski definition) is 2. The van der Waals surface area contributed by atoms with E-state index in [0.29, 0.717) is 5.41 Å². The number of hydrogen-bond donors (Lipinski definition) is 2. The zero-order valence-electron chi connectivity index (χ0n) is 20.9. The highest BCUT2D eigenvalue weighted by molar-refractivity contribution is 5.98. The molecule has 0 radical (unpaired) electrons. The number of carbonyl (C=O) groups excluding carboxylic acids is 1. The summed E-state index contributed by atoms with van der Waals surface area (Å²) in [5.41, 5.74) is 6.93. The van der Waals surface area contributed by atoms with Crippen LogP contribution in [-0.4, -0.2) is 5.91 Å². The first-order valence-corrected chi connectivity index (χ1v) is 13.3. The molecule has 180 valence electrons. The molecule has 4 aliphatic carbocycles. The lowest BCUT2D eigenvalue weighted by Crippen LogP contribution is -2.48. The fourth-order valence-corrected chi connectivity index (χ4v) is 7.57. The molecule has 3 aromatic carbocycles. The minimum Gasteiger partial charge on any atom is -0.370 e. The van der Waals surface area contributed by atoms with E-state index in [9.17, 15) is 4.79 Å². The molecule has 7 rings (SSSR count). The summed E-state index contributed by atoms with van der Waals surface area (Å²) in [5.74, 6) is 2.77. The summed E-state index contributed by atoms with van der Waals surface area (Å²) in [4.78, 5) is 13.5. The Morgan fingerprint density at radius 2 is 1.46 bits per heavy atom. The topological polar surface area (TPSA) is 41.1 Å². The van der Waals surface area contributed by atoms with Gasteiger partial charge < -0.3 is 10.6 Å². The van der Waals surface area contributed by atoms with E-state index in [-0.39, 0.29) is 5.91 Å². The van der Waals surface area contributed by atoms with Gasteiger partial charge in [-0.15, -0.1) is 0 Å². The number of anilines is 2. The molecule has 0 spiro atoms. The van der Waals surface area contributed by atoms with Gasteiger partial charge >= 0.3 is 0 Å². The fraction of sp³-hybridized carbons (Fsp3) is 0.406. The summed E-state index contributed by atoms with van der Waals surface area (Å²) in [6.45, 7) is 4.08. The number of aryl methyl sites for hydroxylation is 2. The Labute approximate surface area is 209 Å². The van der Waals surface area contributed by atoms with Crippen LogP contribution in [-0.2, 0) is 10.2 Å². The van der Waals surface area contributed by atoms with Gasteiger partial charge in [-0.3, -0.25) is 4.79 Å². The Hall–Kier alpha value is -3.07. The molecule has 2 N–H and O–H groups in total. The lowest BCUT2D eigenvalue weighted by atomic mass is 9.48. The average molecular weight is 465 g/mol. The van der Waals surface area contributed by atoms with E-state index in [0.717, 1.165) is 45.8 Å². The maximum absolute atomic E-state index is 13.5. The zero-order valence-corrected chi connectivity index (χ0v) is 20.9. The molecule has 3 nitrogen and oxygen atoms in total. The predicted molar refractivity (Wildman–Crippen MR) is 144 cm³/mol. The van der Waals surface area contributed by atoms with E-state index < -0.39 is 6.04 Å². The minimum atomic E-state index is -0.471. The molecule has 0 aliphatic heterocycles. The summed E-state index contributed by atoms with van der Waals surface area (Å²) < 4.78 is 0. The first-order chi connectivity index (χ1) is 17.0. The molecular formula is C32H36N2O. The number of amides is 1. The molecule has 0 saturated heterocycles. The Bertz CT molecular complexity index is 1180. The van der Waals surface area contributed by atoms with Gasteiger partial charge in [-0.1, -0.05) is 54.6 Å². The second-order valence-electron chi connectivity index (χ2n) is 11.6. The summed E-state index contributed by atoms with van der Waals surface area (Å²) in [7, 11) is 0. The summed E-state index contributed by atoms with van der Waals surface area (Å²) in [6, 6.07) is 24.7. The van der Waals surface area contributed by atoms with Crippen molar-refractivity contribution in [1.82, 2.24) is 0 Å². The Morgan fingerprint density at radius 3 is 2.09 bits per heavy atom. The zero-order chi connectivity index (χ0) is 24.0. The first-order valence-electron chi connectivity index (χ1n) is 13.3. The quantitative estimate of drug-likeness (QED) is 0.395. The van der Waals surface area contributed by atoms with Crippen LogP contribution in [0.1, 0.15) is 66.8 Å². The highest BCUT2D eigenvalue weighted by atomic mass is 16.2. The van der Waals surface area contributed by atoms with Gasteiger partial charge in [0.1, 0.15) is 6.04 Å². The van der Waals surface area contributed by atoms with Gasteiger partial charge in [0.05, 0.1) is 0 Å². The molecule has 3 aromatic rings. The van der Waals surface area contributed by atoms with Crippen molar-refractivity contribution in [2.45, 2.75) is 63.8 Å². The lowest BCUT2D eigenvalue weighted by Gasteiger charge is -2.57. The SMILES string of the molecule is Cc1ccc(C)c(NC(=O)[C@@H](Nc2ccc(C34CC5CC(CC(C5)C3)C4)cc2)c2ccccc2)c1. The molecule has 3 heteroatoms. The van der Waals surface area contributed by atoms with Gasteiger partial charge in [0.2, 0.25) is 0 Å². The number of benzene rings is 3. The van der Waals surface area contributed by atoms with E-state index in [1.165, 1.54) is 44.1 Å². The van der Waals surface area contributed by atoms with Gasteiger partial charge in [-0.05, 0) is 116 Å². The molecule has 1 atom stereocenters. The van der Waals surface area contributed by atoms with Crippen LogP contribution in [0.25, 0.3) is 0 Å². The van der Waals surface area contributed by atoms with Gasteiger partial charge in [0.25, 0.3) is 5.91 Å². The standard InChI is InChI=1S/C32H36N2O/c1-21-8-9-22(2)29(14-21)34-31(35)30(26-6-4-3-5-7-26)33-28-12-10-27(11-13-28)32-18-23-15-24(19-32)17-25(16-23)20-32/h3-14,23-25,30,33H,15-20H2,1-2H3,(H,34,35)/t23?,24?,25?,30-,32?/m0/s1. The second kappa shape index (κ2) is 8.86. The third-order valence-electron chi connectivity index (χ3n) is 8.89. The maximum atomic E-state index is 13.5. The number of nitrogens with one attached hydrogen (secondary N) is 2. The van der Waals surface area contributed by atoms with Crippen LogP contribution in [0, 0.1) is 31.6 Å². The molecule has 4 bridgehead atoms. The molecule has 0 aromatic heterocycles. The highest BCUT2D eigenvalue weighted by Crippen LogP contribution is 2.60. The van der Waals surface area contributed by atoms with Crippen molar-refractivity contribution in [2.75, 3.05) is 10.6 Å². The molecule has 4 saturated carbocycles. The molecule has 1 amide bonds. The third-order valence-corrected chi connectivity index (χ3v) is 8.89. The molecular weight excluding hydrogens is 428 g/mol. The highest BCUT2D eigenvalue weighted by Gasteiger charge is 2.51. The first kappa shape index (κ1) is 22.4. The smallest absolute Gasteiger partial charge is 0.251 e. The van der Waals surface area contributed by atoms with Gasteiger partial charge in [-0.25, -0.2) is 0 Å². The monoisotopic (exact) mass is 464 g/mol. The Balaban J connectivity index is 1.24. The summed E-state index contributed by atoms with van der Waals surface area (Å²) >= 11 is 0. The fourth-order valence-electron chi connectivity index (χ4n) is 7.57. The summed E-state index contributed by atoms with van der Waals surface area (Å²) in [6.07, 6.45) is 8.51. The molecule has 35 heavy (non-hydrogen) atoms. The van der Waals surface area contributed by atoms with Crippen LogP contribution in [0.5, 0.6) is 0 Å². The Kier molecular flexibility index (Phi) is 5.67. The average Bonchev–Trinajstić information content (AvgIpc) is 2.85. The van der Waals surface area contributed by atoms with Gasteiger partial charge in [0, 0.05) is 11.4 Å². The van der Waals surface area contributed by atoms with Crippen LogP contribution in [0.2, 0.25) is 0 Å². The summed E-state index contributed by atoms with van der Waals surface area (Å²) in [5, 5.41) is 6.71. The number of rotatable bonds is 6. The predicted octanol–water partition coefficient (Wildman–Crippen LogP) is 7.56. The normalized spacial score (nSPS) is 27.4.